The minimum absolute atomic E-state index is 0.0859. The third-order valence-corrected chi connectivity index (χ3v) is 5.41. The minimum atomic E-state index is -0.410. The number of amides is 2. The molecule has 0 atom stereocenters. The molecular formula is C19H16Cl4N4O2S2. The summed E-state index contributed by atoms with van der Waals surface area (Å²) >= 11 is 34.3. The van der Waals surface area contributed by atoms with Gasteiger partial charge in [0.15, 0.2) is 0 Å². The van der Waals surface area contributed by atoms with Gasteiger partial charge in [-0.2, -0.15) is 0 Å². The summed E-state index contributed by atoms with van der Waals surface area (Å²) < 4.78 is 0. The molecule has 0 bridgehead atoms. The van der Waals surface area contributed by atoms with Crippen molar-refractivity contribution in [1.29, 1.82) is 0 Å². The van der Waals surface area contributed by atoms with E-state index in [4.69, 9.17) is 70.8 Å². The van der Waals surface area contributed by atoms with Crippen LogP contribution >= 0.6 is 70.8 Å². The molecular weight excluding hydrogens is 522 g/mol. The van der Waals surface area contributed by atoms with Crippen molar-refractivity contribution in [1.82, 2.24) is 20.9 Å². The highest BCUT2D eigenvalue weighted by atomic mass is 35.5. The highest BCUT2D eigenvalue weighted by Crippen LogP contribution is 2.22. The Morgan fingerprint density at radius 1 is 0.774 bits per heavy atom. The second kappa shape index (κ2) is 11.3. The van der Waals surface area contributed by atoms with Crippen LogP contribution in [0.4, 0.5) is 0 Å². The standard InChI is InChI=1S/C19H16Cl4N4O2S2/c1-26(18(28)12-5-3-10(20)7-14(12)22)24-16(30)9-17(31)25-27(2)19(29)13-6-4-11(21)8-15(13)23/h3-8H,9H2,1-2H3,(H,24,30)(H,25,31). The highest BCUT2D eigenvalue weighted by molar-refractivity contribution is 7.82. The maximum atomic E-state index is 12.5. The van der Waals surface area contributed by atoms with Gasteiger partial charge in [-0.25, -0.2) is 0 Å². The third-order valence-electron chi connectivity index (χ3n) is 3.84. The molecule has 0 heterocycles. The summed E-state index contributed by atoms with van der Waals surface area (Å²) in [5.74, 6) is -0.819. The van der Waals surface area contributed by atoms with E-state index < -0.39 is 11.8 Å². The molecule has 0 aliphatic carbocycles. The van der Waals surface area contributed by atoms with Gasteiger partial charge < -0.3 is 0 Å². The zero-order valence-corrected chi connectivity index (χ0v) is 20.9. The molecule has 164 valence electrons. The molecule has 0 unspecified atom stereocenters. The van der Waals surface area contributed by atoms with Crippen LogP contribution in [0.3, 0.4) is 0 Å². The molecule has 31 heavy (non-hydrogen) atoms. The van der Waals surface area contributed by atoms with Gasteiger partial charge in [-0.15, -0.1) is 0 Å². The summed E-state index contributed by atoms with van der Waals surface area (Å²) in [6, 6.07) is 9.10. The topological polar surface area (TPSA) is 64.7 Å². The van der Waals surface area contributed by atoms with Crippen LogP contribution < -0.4 is 10.9 Å². The number of benzene rings is 2. The Kier molecular flexibility index (Phi) is 9.29. The SMILES string of the molecule is CN(NC(=S)CC(=S)NN(C)C(=O)c1ccc(Cl)cc1Cl)C(=O)c1ccc(Cl)cc1Cl. The Hall–Kier alpha value is -1.68. The van der Waals surface area contributed by atoms with Crippen LogP contribution in [0.1, 0.15) is 27.1 Å². The maximum Gasteiger partial charge on any atom is 0.273 e. The fraction of sp³-hybridized carbons (Fsp3) is 0.158. The molecule has 6 nitrogen and oxygen atoms in total. The first-order valence-corrected chi connectivity index (χ1v) is 10.9. The fourth-order valence-electron chi connectivity index (χ4n) is 2.39. The highest BCUT2D eigenvalue weighted by Gasteiger charge is 2.19. The Labute approximate surface area is 210 Å². The van der Waals surface area contributed by atoms with Crippen molar-refractivity contribution in [2.75, 3.05) is 14.1 Å². The van der Waals surface area contributed by atoms with Gasteiger partial charge in [0.2, 0.25) is 0 Å². The van der Waals surface area contributed by atoms with E-state index in [0.29, 0.717) is 10.0 Å². The zero-order chi connectivity index (χ0) is 23.3. The molecule has 0 aliphatic heterocycles. The van der Waals surface area contributed by atoms with Crippen LogP contribution in [0.5, 0.6) is 0 Å². The summed E-state index contributed by atoms with van der Waals surface area (Å²) in [5.41, 5.74) is 6.03. The number of nitrogens with one attached hydrogen (secondary N) is 2. The van der Waals surface area contributed by atoms with E-state index in [2.05, 4.69) is 10.9 Å². The quantitative estimate of drug-likeness (QED) is 0.413. The summed E-state index contributed by atoms with van der Waals surface area (Å²) in [6.07, 6.45) is 0.0859. The van der Waals surface area contributed by atoms with E-state index in [-0.39, 0.29) is 37.6 Å². The van der Waals surface area contributed by atoms with E-state index in [9.17, 15) is 9.59 Å². The van der Waals surface area contributed by atoms with Crippen molar-refractivity contribution in [3.63, 3.8) is 0 Å². The monoisotopic (exact) mass is 536 g/mol. The van der Waals surface area contributed by atoms with Gasteiger partial charge in [0.25, 0.3) is 11.8 Å². The molecule has 0 spiro atoms. The van der Waals surface area contributed by atoms with Gasteiger partial charge >= 0.3 is 0 Å². The number of carbonyl (C=O) groups is 2. The van der Waals surface area contributed by atoms with Crippen LogP contribution in [0, 0.1) is 0 Å². The van der Waals surface area contributed by atoms with Gasteiger partial charge in [-0.1, -0.05) is 70.8 Å². The average molecular weight is 538 g/mol. The third kappa shape index (κ3) is 7.17. The number of thiocarbonyl (C=S) groups is 2. The molecule has 0 saturated heterocycles. The van der Waals surface area contributed by atoms with Gasteiger partial charge in [0.05, 0.1) is 27.6 Å². The average Bonchev–Trinajstić information content (AvgIpc) is 2.66. The van der Waals surface area contributed by atoms with Crippen LogP contribution in [-0.4, -0.2) is 45.9 Å². The van der Waals surface area contributed by atoms with Crippen molar-refractivity contribution in [3.8, 4) is 0 Å². The number of halogens is 4. The summed E-state index contributed by atoms with van der Waals surface area (Å²) in [7, 11) is 2.99. The predicted molar refractivity (Wildman–Crippen MR) is 133 cm³/mol. The number of hydrazine groups is 2. The Bertz CT molecular complexity index is 970. The van der Waals surface area contributed by atoms with Crippen LogP contribution in [0.25, 0.3) is 0 Å². The number of carbonyl (C=O) groups excluding carboxylic acids is 2. The van der Waals surface area contributed by atoms with E-state index in [1.165, 1.54) is 48.4 Å². The zero-order valence-electron chi connectivity index (χ0n) is 16.2. The Morgan fingerprint density at radius 3 is 1.45 bits per heavy atom. The molecule has 2 amide bonds. The van der Waals surface area contributed by atoms with Crippen molar-refractivity contribution in [2.45, 2.75) is 6.42 Å². The number of nitrogens with zero attached hydrogens (tertiary/aromatic N) is 2. The van der Waals surface area contributed by atoms with Crippen LogP contribution in [0.15, 0.2) is 36.4 Å². The molecule has 0 aliphatic rings. The van der Waals surface area contributed by atoms with E-state index in [0.717, 1.165) is 0 Å². The van der Waals surface area contributed by atoms with Crippen molar-refractivity contribution in [3.05, 3.63) is 67.6 Å². The first-order chi connectivity index (χ1) is 14.5. The summed E-state index contributed by atoms with van der Waals surface area (Å²) in [6.45, 7) is 0. The number of rotatable bonds is 4. The Morgan fingerprint density at radius 2 is 1.13 bits per heavy atom. The fourth-order valence-corrected chi connectivity index (χ4v) is 4.02. The molecule has 2 N–H and O–H groups in total. The lowest BCUT2D eigenvalue weighted by atomic mass is 10.2. The van der Waals surface area contributed by atoms with Gasteiger partial charge in [0, 0.05) is 24.1 Å². The first kappa shape index (κ1) is 25.6. The van der Waals surface area contributed by atoms with Crippen molar-refractivity contribution >= 4 is 92.6 Å². The summed E-state index contributed by atoms with van der Waals surface area (Å²) in [5, 5.41) is 3.64. The molecule has 0 aromatic heterocycles. The molecule has 2 aromatic rings. The molecule has 2 aromatic carbocycles. The van der Waals surface area contributed by atoms with Crippen LogP contribution in [0.2, 0.25) is 20.1 Å². The first-order valence-electron chi connectivity index (χ1n) is 8.54. The van der Waals surface area contributed by atoms with E-state index in [1.54, 1.807) is 12.1 Å². The van der Waals surface area contributed by atoms with E-state index >= 15 is 0 Å². The number of hydrogen-bond acceptors (Lipinski definition) is 4. The Balaban J connectivity index is 1.92. The van der Waals surface area contributed by atoms with Gasteiger partial charge in [0.1, 0.15) is 9.98 Å². The lowest BCUT2D eigenvalue weighted by Gasteiger charge is -2.23. The molecule has 0 saturated carbocycles. The molecule has 0 fully saturated rings. The van der Waals surface area contributed by atoms with Gasteiger partial charge in [-0.05, 0) is 36.4 Å². The predicted octanol–water partition coefficient (Wildman–Crippen LogP) is 5.20. The second-order valence-corrected chi connectivity index (χ2v) is 8.90. The minimum Gasteiger partial charge on any atom is -0.289 e. The normalized spacial score (nSPS) is 10.3. The molecule has 2 rings (SSSR count). The second-order valence-electron chi connectivity index (χ2n) is 6.22. The number of hydrogen-bond donors (Lipinski definition) is 2. The smallest absolute Gasteiger partial charge is 0.273 e. The van der Waals surface area contributed by atoms with Crippen molar-refractivity contribution in [2.24, 2.45) is 0 Å². The lowest BCUT2D eigenvalue weighted by molar-refractivity contribution is 0.0755. The van der Waals surface area contributed by atoms with Crippen molar-refractivity contribution < 1.29 is 9.59 Å². The van der Waals surface area contributed by atoms with E-state index in [1.807, 2.05) is 0 Å². The largest absolute Gasteiger partial charge is 0.289 e. The summed E-state index contributed by atoms with van der Waals surface area (Å²) in [4.78, 5) is 25.6. The lowest BCUT2D eigenvalue weighted by Crippen LogP contribution is -2.47. The van der Waals surface area contributed by atoms with Crippen LogP contribution in [-0.2, 0) is 0 Å². The maximum absolute atomic E-state index is 12.5. The van der Waals surface area contributed by atoms with Gasteiger partial charge in [-0.3, -0.25) is 30.5 Å². The molecule has 12 heteroatoms. The molecule has 0 radical (unpaired) electrons.